The molecule has 1 aromatic heterocycles. The van der Waals surface area contributed by atoms with Crippen molar-refractivity contribution in [2.75, 3.05) is 0 Å². The van der Waals surface area contributed by atoms with Gasteiger partial charge in [-0.05, 0) is 37.6 Å². The van der Waals surface area contributed by atoms with E-state index >= 15 is 0 Å². The summed E-state index contributed by atoms with van der Waals surface area (Å²) in [5.74, 6) is -1.20. The molecule has 2 aliphatic rings. The van der Waals surface area contributed by atoms with Crippen LogP contribution in [0.25, 0.3) is 5.57 Å². The maximum Gasteiger partial charge on any atom is 0.274 e. The van der Waals surface area contributed by atoms with Gasteiger partial charge in [-0.25, -0.2) is 18.2 Å². The van der Waals surface area contributed by atoms with E-state index < -0.39 is 24.2 Å². The summed E-state index contributed by atoms with van der Waals surface area (Å²) in [6.07, 6.45) is 2.74. The van der Waals surface area contributed by atoms with Crippen LogP contribution in [0.3, 0.4) is 0 Å². The highest BCUT2D eigenvalue weighted by Crippen LogP contribution is 2.30. The molecule has 0 amide bonds. The molecule has 2 aliphatic heterocycles. The van der Waals surface area contributed by atoms with Gasteiger partial charge in [0.1, 0.15) is 0 Å². The van der Waals surface area contributed by atoms with Crippen LogP contribution in [0.2, 0.25) is 0 Å². The largest absolute Gasteiger partial charge is 0.466 e. The zero-order valence-electron chi connectivity index (χ0n) is 12.5. The summed E-state index contributed by atoms with van der Waals surface area (Å²) >= 11 is 0. The molecule has 5 nitrogen and oxygen atoms in total. The van der Waals surface area contributed by atoms with Gasteiger partial charge in [-0.15, -0.1) is 5.53 Å². The molecule has 0 aromatic carbocycles. The van der Waals surface area contributed by atoms with Crippen LogP contribution >= 0.6 is 0 Å². The summed E-state index contributed by atoms with van der Waals surface area (Å²) in [7, 11) is 0. The molecule has 0 saturated carbocycles. The van der Waals surface area contributed by atoms with Gasteiger partial charge in [0.25, 0.3) is 12.3 Å². The number of hydrogen-bond donors (Lipinski definition) is 2. The van der Waals surface area contributed by atoms with E-state index in [0.29, 0.717) is 5.56 Å². The van der Waals surface area contributed by atoms with Gasteiger partial charge < -0.3 is 10.2 Å². The number of pyridine rings is 1. The second-order valence-electron chi connectivity index (χ2n) is 5.21. The Morgan fingerprint density at radius 1 is 1.30 bits per heavy atom. The number of aromatic nitrogens is 1. The van der Waals surface area contributed by atoms with E-state index in [9.17, 15) is 13.2 Å². The number of allylic oxidation sites excluding steroid dienone is 4. The summed E-state index contributed by atoms with van der Waals surface area (Å²) in [5, 5.41) is 1.83. The summed E-state index contributed by atoms with van der Waals surface area (Å²) in [6, 6.07) is 1.22. The molecular weight excluding hydrogens is 309 g/mol. The molecule has 0 spiro atoms. The van der Waals surface area contributed by atoms with E-state index in [4.69, 9.17) is 4.74 Å². The number of hydrogen-bond acceptors (Lipinski definition) is 5. The van der Waals surface area contributed by atoms with E-state index in [1.165, 1.54) is 12.3 Å². The fraction of sp³-hybridized carbons (Fsp3) is 0.267. The molecule has 1 aromatic rings. The molecule has 0 aliphatic carbocycles. The van der Waals surface area contributed by atoms with E-state index in [1.807, 2.05) is 24.1 Å². The SMILES string of the molecule is CC1=CC(c2cnc(OC(C)C(F)F)c(F)c2)=CC2=CNNN12. The summed E-state index contributed by atoms with van der Waals surface area (Å²) in [4.78, 5) is 3.82. The second kappa shape index (κ2) is 5.96. The van der Waals surface area contributed by atoms with Crippen LogP contribution in [-0.4, -0.2) is 22.5 Å². The number of ether oxygens (including phenoxy) is 1. The number of nitrogens with one attached hydrogen (secondary N) is 2. The Hall–Kier alpha value is -2.48. The van der Waals surface area contributed by atoms with E-state index in [0.717, 1.165) is 23.9 Å². The van der Waals surface area contributed by atoms with Gasteiger partial charge in [-0.3, -0.25) is 5.01 Å². The van der Waals surface area contributed by atoms with Crippen molar-refractivity contribution in [3.8, 4) is 5.88 Å². The molecule has 0 radical (unpaired) electrons. The van der Waals surface area contributed by atoms with E-state index in [2.05, 4.69) is 15.9 Å². The lowest BCUT2D eigenvalue weighted by molar-refractivity contribution is 0.0179. The molecule has 1 unspecified atom stereocenters. The maximum atomic E-state index is 14.1. The fourth-order valence-corrected chi connectivity index (χ4v) is 2.25. The number of fused-ring (bicyclic) bond motifs is 1. The van der Waals surface area contributed by atoms with Crippen molar-refractivity contribution in [1.82, 2.24) is 21.0 Å². The average molecular weight is 324 g/mol. The first-order valence-corrected chi connectivity index (χ1v) is 6.98. The van der Waals surface area contributed by atoms with Crippen molar-refractivity contribution in [2.24, 2.45) is 0 Å². The number of alkyl halides is 2. The van der Waals surface area contributed by atoms with Gasteiger partial charge in [0.05, 0.1) is 5.70 Å². The minimum atomic E-state index is -2.71. The Labute approximate surface area is 131 Å². The number of nitrogens with zero attached hydrogens (tertiary/aromatic N) is 2. The Morgan fingerprint density at radius 2 is 2.09 bits per heavy atom. The number of hydrazine groups is 2. The molecule has 0 saturated heterocycles. The lowest BCUT2D eigenvalue weighted by Crippen LogP contribution is -2.36. The van der Waals surface area contributed by atoms with Crippen molar-refractivity contribution in [2.45, 2.75) is 26.4 Å². The van der Waals surface area contributed by atoms with Crippen LogP contribution in [0, 0.1) is 5.82 Å². The molecule has 8 heteroatoms. The first kappa shape index (κ1) is 15.4. The summed E-state index contributed by atoms with van der Waals surface area (Å²) in [6.45, 7) is 3.06. The highest BCUT2D eigenvalue weighted by atomic mass is 19.3. The van der Waals surface area contributed by atoms with Crippen molar-refractivity contribution < 1.29 is 17.9 Å². The monoisotopic (exact) mass is 324 g/mol. The van der Waals surface area contributed by atoms with Gasteiger partial charge in [0.2, 0.25) is 0 Å². The average Bonchev–Trinajstić information content (AvgIpc) is 2.98. The van der Waals surface area contributed by atoms with Gasteiger partial charge in [0.15, 0.2) is 11.9 Å². The third kappa shape index (κ3) is 3.02. The Bertz CT molecular complexity index is 715. The molecule has 122 valence electrons. The molecule has 0 bridgehead atoms. The maximum absolute atomic E-state index is 14.1. The van der Waals surface area contributed by atoms with Crippen LogP contribution in [0.15, 0.2) is 42.0 Å². The molecule has 0 fully saturated rings. The van der Waals surface area contributed by atoms with Crippen LogP contribution in [0.5, 0.6) is 5.88 Å². The van der Waals surface area contributed by atoms with E-state index in [-0.39, 0.29) is 0 Å². The molecule has 23 heavy (non-hydrogen) atoms. The van der Waals surface area contributed by atoms with Crippen LogP contribution < -0.4 is 15.7 Å². The molecule has 1 atom stereocenters. The first-order valence-electron chi connectivity index (χ1n) is 6.98. The van der Waals surface area contributed by atoms with Gasteiger partial charge in [-0.1, -0.05) is 0 Å². The fourth-order valence-electron chi connectivity index (χ4n) is 2.25. The van der Waals surface area contributed by atoms with Gasteiger partial charge >= 0.3 is 0 Å². The number of rotatable bonds is 4. The van der Waals surface area contributed by atoms with Crippen LogP contribution in [-0.2, 0) is 0 Å². The Kier molecular flexibility index (Phi) is 3.99. The van der Waals surface area contributed by atoms with Crippen molar-refractivity contribution in [3.63, 3.8) is 0 Å². The van der Waals surface area contributed by atoms with Crippen molar-refractivity contribution in [1.29, 1.82) is 0 Å². The quantitative estimate of drug-likeness (QED) is 0.892. The Morgan fingerprint density at radius 3 is 2.78 bits per heavy atom. The molecular formula is C15H15F3N4O. The zero-order valence-corrected chi connectivity index (χ0v) is 12.5. The minimum Gasteiger partial charge on any atom is -0.466 e. The van der Waals surface area contributed by atoms with Crippen LogP contribution in [0.1, 0.15) is 19.4 Å². The third-order valence-electron chi connectivity index (χ3n) is 3.47. The topological polar surface area (TPSA) is 49.4 Å². The molecule has 2 N–H and O–H groups in total. The summed E-state index contributed by atoms with van der Waals surface area (Å²) in [5.41, 5.74) is 8.87. The highest BCUT2D eigenvalue weighted by Gasteiger charge is 2.22. The van der Waals surface area contributed by atoms with Gasteiger partial charge in [0, 0.05) is 23.7 Å². The van der Waals surface area contributed by atoms with Gasteiger partial charge in [-0.2, -0.15) is 0 Å². The van der Waals surface area contributed by atoms with Crippen molar-refractivity contribution >= 4 is 5.57 Å². The standard InChI is InChI=1S/C15H15F3N4O/c1-8-3-10(4-12-7-20-21-22(8)12)11-5-13(16)15(19-6-11)23-9(2)14(17)18/h3-7,9,14,20-21H,1-2H3. The molecule has 3 rings (SSSR count). The summed E-state index contributed by atoms with van der Waals surface area (Å²) < 4.78 is 43.8. The number of halogens is 3. The Balaban J connectivity index is 1.86. The second-order valence-corrected chi connectivity index (χ2v) is 5.21. The smallest absolute Gasteiger partial charge is 0.274 e. The highest BCUT2D eigenvalue weighted by molar-refractivity contribution is 5.78. The van der Waals surface area contributed by atoms with E-state index in [1.54, 1.807) is 6.20 Å². The lowest BCUT2D eigenvalue weighted by atomic mass is 10.0. The molecule has 3 heterocycles. The predicted molar refractivity (Wildman–Crippen MR) is 78.2 cm³/mol. The normalized spacial score (nSPS) is 18.0. The van der Waals surface area contributed by atoms with Crippen LogP contribution in [0.4, 0.5) is 13.2 Å². The third-order valence-corrected chi connectivity index (χ3v) is 3.47. The minimum absolute atomic E-state index is 0.427. The predicted octanol–water partition coefficient (Wildman–Crippen LogP) is 2.72. The van der Waals surface area contributed by atoms with Crippen molar-refractivity contribution in [3.05, 3.63) is 53.4 Å². The first-order chi connectivity index (χ1) is 11.0. The zero-order chi connectivity index (χ0) is 16.6. The lowest BCUT2D eigenvalue weighted by Gasteiger charge is -2.24.